The van der Waals surface area contributed by atoms with Crippen LogP contribution in [0.4, 0.5) is 10.5 Å². The second-order valence-corrected chi connectivity index (χ2v) is 5.37. The number of ether oxygens (including phenoxy) is 2. The van der Waals surface area contributed by atoms with Gasteiger partial charge in [-0.2, -0.15) is 15.5 Å². The average Bonchev–Trinajstić information content (AvgIpc) is 2.92. The standard InChI is InChI=1S/C15H15ClN4O4/c1-3-23-15(22)18-14(21)12(7-17)20-19-11-5-4-10(16)13-9(11)6-8(2)24-13/h4-5,8,12H,3,6H2,1-2H3,(H,18,21,22). The molecule has 126 valence electrons. The lowest BCUT2D eigenvalue weighted by molar-refractivity contribution is -0.120. The van der Waals surface area contributed by atoms with Crippen LogP contribution in [0, 0.1) is 11.3 Å². The fourth-order valence-electron chi connectivity index (χ4n) is 2.13. The van der Waals surface area contributed by atoms with Crippen molar-refractivity contribution < 1.29 is 19.1 Å². The third kappa shape index (κ3) is 4.00. The molecular formula is C15H15ClN4O4. The van der Waals surface area contributed by atoms with E-state index in [-0.39, 0.29) is 12.7 Å². The van der Waals surface area contributed by atoms with Gasteiger partial charge in [-0.25, -0.2) is 4.79 Å². The molecule has 2 unspecified atom stereocenters. The molecule has 8 nitrogen and oxygen atoms in total. The molecule has 2 atom stereocenters. The van der Waals surface area contributed by atoms with Crippen LogP contribution in [0.5, 0.6) is 5.75 Å². The molecule has 2 amide bonds. The highest BCUT2D eigenvalue weighted by Gasteiger charge is 2.25. The zero-order valence-electron chi connectivity index (χ0n) is 13.1. The van der Waals surface area contributed by atoms with E-state index in [9.17, 15) is 9.59 Å². The monoisotopic (exact) mass is 350 g/mol. The molecule has 1 aromatic carbocycles. The number of nitrogens with zero attached hydrogens (tertiary/aromatic N) is 3. The number of halogens is 1. The summed E-state index contributed by atoms with van der Waals surface area (Å²) in [6.45, 7) is 3.59. The minimum Gasteiger partial charge on any atom is -0.488 e. The summed E-state index contributed by atoms with van der Waals surface area (Å²) in [4.78, 5) is 23.0. The Morgan fingerprint density at radius 1 is 1.58 bits per heavy atom. The van der Waals surface area contributed by atoms with Crippen molar-refractivity contribution in [3.8, 4) is 11.8 Å². The Kier molecular flexibility index (Phi) is 5.71. The van der Waals surface area contributed by atoms with Crippen molar-refractivity contribution in [2.24, 2.45) is 10.2 Å². The number of nitriles is 1. The van der Waals surface area contributed by atoms with Crippen molar-refractivity contribution in [2.75, 3.05) is 6.61 Å². The number of azo groups is 1. The quantitative estimate of drug-likeness (QED) is 0.838. The number of carbonyl (C=O) groups is 2. The SMILES string of the molecule is CCOC(=O)NC(=O)C(C#N)N=Nc1ccc(Cl)c2c1CC(C)O2. The maximum atomic E-state index is 11.8. The second kappa shape index (κ2) is 7.75. The molecule has 0 saturated carbocycles. The summed E-state index contributed by atoms with van der Waals surface area (Å²) in [5, 5.41) is 19.1. The molecule has 1 aliphatic rings. The molecule has 0 spiro atoms. The zero-order valence-corrected chi connectivity index (χ0v) is 13.8. The van der Waals surface area contributed by atoms with Gasteiger partial charge >= 0.3 is 6.09 Å². The highest BCUT2D eigenvalue weighted by Crippen LogP contribution is 2.41. The van der Waals surface area contributed by atoms with Gasteiger partial charge in [0.25, 0.3) is 5.91 Å². The van der Waals surface area contributed by atoms with Gasteiger partial charge in [-0.15, -0.1) is 0 Å². The number of hydrogen-bond acceptors (Lipinski definition) is 7. The number of carbonyl (C=O) groups excluding carboxylic acids is 2. The van der Waals surface area contributed by atoms with Gasteiger partial charge in [0.1, 0.15) is 17.9 Å². The Morgan fingerprint density at radius 2 is 2.33 bits per heavy atom. The Bertz CT molecular complexity index is 729. The van der Waals surface area contributed by atoms with E-state index >= 15 is 0 Å². The van der Waals surface area contributed by atoms with Crippen LogP contribution in [0.15, 0.2) is 22.4 Å². The molecule has 0 fully saturated rings. The van der Waals surface area contributed by atoms with E-state index in [0.717, 1.165) is 5.56 Å². The lowest BCUT2D eigenvalue weighted by Gasteiger charge is -2.06. The third-order valence-electron chi connectivity index (χ3n) is 3.15. The van der Waals surface area contributed by atoms with Gasteiger partial charge in [-0.1, -0.05) is 11.6 Å². The first-order valence-electron chi connectivity index (χ1n) is 7.22. The molecule has 1 aromatic rings. The molecule has 1 heterocycles. The highest BCUT2D eigenvalue weighted by molar-refractivity contribution is 6.32. The van der Waals surface area contributed by atoms with Crippen molar-refractivity contribution in [2.45, 2.75) is 32.4 Å². The van der Waals surface area contributed by atoms with Crippen LogP contribution in [-0.4, -0.2) is 30.8 Å². The smallest absolute Gasteiger partial charge is 0.413 e. The van der Waals surface area contributed by atoms with Crippen molar-refractivity contribution in [1.29, 1.82) is 5.26 Å². The van der Waals surface area contributed by atoms with Crippen LogP contribution in [0.1, 0.15) is 19.4 Å². The first-order chi connectivity index (χ1) is 11.5. The molecular weight excluding hydrogens is 336 g/mol. The van der Waals surface area contributed by atoms with Gasteiger partial charge in [0.05, 0.1) is 17.3 Å². The van der Waals surface area contributed by atoms with Crippen LogP contribution in [0.2, 0.25) is 5.02 Å². The van der Waals surface area contributed by atoms with E-state index in [0.29, 0.717) is 22.9 Å². The fraction of sp³-hybridized carbons (Fsp3) is 0.400. The molecule has 0 aliphatic carbocycles. The van der Waals surface area contributed by atoms with Crippen molar-refractivity contribution >= 4 is 29.3 Å². The number of fused-ring (bicyclic) bond motifs is 1. The number of hydrogen-bond donors (Lipinski definition) is 1. The number of amides is 2. The summed E-state index contributed by atoms with van der Waals surface area (Å²) in [5.74, 6) is -0.375. The van der Waals surface area contributed by atoms with Gasteiger partial charge in [0.2, 0.25) is 6.04 Å². The van der Waals surface area contributed by atoms with Crippen molar-refractivity contribution in [3.05, 3.63) is 22.7 Å². The van der Waals surface area contributed by atoms with Gasteiger partial charge in [0.15, 0.2) is 0 Å². The van der Waals surface area contributed by atoms with E-state index in [2.05, 4.69) is 15.0 Å². The molecule has 0 aromatic heterocycles. The predicted octanol–water partition coefficient (Wildman–Crippen LogP) is 2.91. The molecule has 0 radical (unpaired) electrons. The van der Waals surface area contributed by atoms with Crippen molar-refractivity contribution in [3.63, 3.8) is 0 Å². The summed E-state index contributed by atoms with van der Waals surface area (Å²) >= 11 is 6.07. The van der Waals surface area contributed by atoms with E-state index < -0.39 is 18.0 Å². The maximum Gasteiger partial charge on any atom is 0.413 e. The summed E-state index contributed by atoms with van der Waals surface area (Å²) in [6, 6.07) is 3.43. The second-order valence-electron chi connectivity index (χ2n) is 4.96. The summed E-state index contributed by atoms with van der Waals surface area (Å²) < 4.78 is 10.2. The van der Waals surface area contributed by atoms with E-state index in [4.69, 9.17) is 21.6 Å². The highest BCUT2D eigenvalue weighted by atomic mass is 35.5. The van der Waals surface area contributed by atoms with Gasteiger partial charge in [-0.3, -0.25) is 10.1 Å². The van der Waals surface area contributed by atoms with Crippen LogP contribution in [0.25, 0.3) is 0 Å². The van der Waals surface area contributed by atoms with Gasteiger partial charge in [0, 0.05) is 12.0 Å². The van der Waals surface area contributed by atoms with Gasteiger partial charge < -0.3 is 9.47 Å². The Labute approximate surface area is 143 Å². The van der Waals surface area contributed by atoms with Crippen molar-refractivity contribution in [1.82, 2.24) is 5.32 Å². The average molecular weight is 351 g/mol. The number of imide groups is 1. The number of rotatable bonds is 4. The predicted molar refractivity (Wildman–Crippen MR) is 84.3 cm³/mol. The molecule has 0 saturated heterocycles. The van der Waals surface area contributed by atoms with Crippen LogP contribution < -0.4 is 10.1 Å². The largest absolute Gasteiger partial charge is 0.488 e. The molecule has 1 aliphatic heterocycles. The lowest BCUT2D eigenvalue weighted by Crippen LogP contribution is -2.37. The maximum absolute atomic E-state index is 11.8. The number of nitrogens with one attached hydrogen (secondary N) is 1. The van der Waals surface area contributed by atoms with Crippen LogP contribution in [0.3, 0.4) is 0 Å². The minimum atomic E-state index is -1.47. The first-order valence-corrected chi connectivity index (χ1v) is 7.60. The number of alkyl carbamates (subject to hydrolysis) is 1. The molecule has 2 rings (SSSR count). The first kappa shape index (κ1) is 17.7. The third-order valence-corrected chi connectivity index (χ3v) is 3.45. The Morgan fingerprint density at radius 3 is 3.00 bits per heavy atom. The molecule has 9 heteroatoms. The minimum absolute atomic E-state index is 0.0484. The van der Waals surface area contributed by atoms with E-state index in [1.807, 2.05) is 12.2 Å². The van der Waals surface area contributed by atoms with Crippen LogP contribution >= 0.6 is 11.6 Å². The Hall–Kier alpha value is -2.66. The summed E-state index contributed by atoms with van der Waals surface area (Å²) in [6.07, 6.45) is -0.392. The lowest BCUT2D eigenvalue weighted by atomic mass is 10.1. The number of benzene rings is 1. The van der Waals surface area contributed by atoms with Crippen LogP contribution in [-0.2, 0) is 16.0 Å². The normalized spacial score (nSPS) is 16.8. The molecule has 24 heavy (non-hydrogen) atoms. The molecule has 1 N–H and O–H groups in total. The van der Waals surface area contributed by atoms with Gasteiger partial charge in [-0.05, 0) is 26.0 Å². The summed E-state index contributed by atoms with van der Waals surface area (Å²) in [7, 11) is 0. The Balaban J connectivity index is 2.15. The van der Waals surface area contributed by atoms with E-state index in [1.54, 1.807) is 25.1 Å². The molecule has 0 bridgehead atoms. The topological polar surface area (TPSA) is 113 Å². The zero-order chi connectivity index (χ0) is 17.7. The summed E-state index contributed by atoms with van der Waals surface area (Å²) in [5.41, 5.74) is 1.23. The fourth-order valence-corrected chi connectivity index (χ4v) is 2.35. The van der Waals surface area contributed by atoms with E-state index in [1.165, 1.54) is 0 Å².